The summed E-state index contributed by atoms with van der Waals surface area (Å²) in [6.07, 6.45) is 1.68. The topological polar surface area (TPSA) is 92.9 Å². The lowest BCUT2D eigenvalue weighted by Gasteiger charge is -2.18. The van der Waals surface area contributed by atoms with E-state index in [4.69, 9.17) is 35.0 Å². The molecule has 3 heterocycles. The van der Waals surface area contributed by atoms with Gasteiger partial charge < -0.3 is 23.4 Å². The van der Waals surface area contributed by atoms with Gasteiger partial charge in [0.15, 0.2) is 17.1 Å². The number of fused-ring (bicyclic) bond motifs is 4. The Bertz CT molecular complexity index is 1390. The molecule has 4 aromatic rings. The van der Waals surface area contributed by atoms with E-state index in [1.54, 1.807) is 12.3 Å². The lowest BCUT2D eigenvalue weighted by Crippen LogP contribution is -2.06. The first-order valence-electron chi connectivity index (χ1n) is 9.54. The summed E-state index contributed by atoms with van der Waals surface area (Å²) >= 11 is 7.69. The van der Waals surface area contributed by atoms with Crippen LogP contribution in [0.2, 0.25) is 5.02 Å². The molecule has 1 aliphatic heterocycles. The highest BCUT2D eigenvalue weighted by Crippen LogP contribution is 2.49. The van der Waals surface area contributed by atoms with Gasteiger partial charge in [0, 0.05) is 22.9 Å². The Morgan fingerprint density at radius 2 is 1.94 bits per heavy atom. The van der Waals surface area contributed by atoms with Gasteiger partial charge in [-0.3, -0.25) is 4.98 Å². The lowest BCUT2D eigenvalue weighted by molar-refractivity contribution is 0.0533. The van der Waals surface area contributed by atoms with Crippen LogP contribution in [0, 0.1) is 0 Å². The number of methoxy groups -OCH3 is 3. The van der Waals surface area contributed by atoms with Gasteiger partial charge in [-0.1, -0.05) is 23.4 Å². The average Bonchev–Trinajstić information content (AvgIpc) is 3.40. The van der Waals surface area contributed by atoms with E-state index in [1.807, 2.05) is 12.1 Å². The fourth-order valence-corrected chi connectivity index (χ4v) is 4.99. The molecule has 0 unspecified atom stereocenters. The van der Waals surface area contributed by atoms with Crippen molar-refractivity contribution in [3.05, 3.63) is 46.1 Å². The Balaban J connectivity index is 1.58. The third-order valence-corrected chi connectivity index (χ3v) is 6.41. The number of nitrogens with zero attached hydrogens (tertiary/aromatic N) is 2. The van der Waals surface area contributed by atoms with Gasteiger partial charge in [-0.2, -0.15) is 0 Å². The molecule has 2 aromatic carbocycles. The van der Waals surface area contributed by atoms with Crippen molar-refractivity contribution in [3.63, 3.8) is 0 Å². The molecule has 32 heavy (non-hydrogen) atoms. The molecule has 0 radical (unpaired) electrons. The first-order valence-corrected chi connectivity index (χ1v) is 10.9. The van der Waals surface area contributed by atoms with Crippen LogP contribution < -0.4 is 14.2 Å². The largest absolute Gasteiger partial charge is 0.492 e. The molecular formula is C22H17ClN2O6S. The fourth-order valence-electron chi connectivity index (χ4n) is 3.89. The van der Waals surface area contributed by atoms with E-state index < -0.39 is 5.97 Å². The molecular weight excluding hydrogens is 456 g/mol. The molecule has 164 valence electrons. The summed E-state index contributed by atoms with van der Waals surface area (Å²) in [4.78, 5) is 21.4. The molecule has 0 amide bonds. The minimum atomic E-state index is -0.436. The second-order valence-electron chi connectivity index (χ2n) is 6.88. The number of rotatable bonds is 6. The summed E-state index contributed by atoms with van der Waals surface area (Å²) < 4.78 is 27.9. The zero-order valence-corrected chi connectivity index (χ0v) is 18.9. The van der Waals surface area contributed by atoms with Crippen molar-refractivity contribution in [1.82, 2.24) is 9.97 Å². The molecule has 0 atom stereocenters. The summed E-state index contributed by atoms with van der Waals surface area (Å²) in [7, 11) is 4.54. The van der Waals surface area contributed by atoms with E-state index >= 15 is 0 Å². The van der Waals surface area contributed by atoms with Gasteiger partial charge in [0.25, 0.3) is 5.22 Å². The number of hydrogen-bond acceptors (Lipinski definition) is 9. The Hall–Kier alpha value is -3.17. The Labute approximate surface area is 191 Å². The Morgan fingerprint density at radius 3 is 2.69 bits per heavy atom. The number of halogens is 1. The van der Waals surface area contributed by atoms with Gasteiger partial charge >= 0.3 is 5.97 Å². The minimum absolute atomic E-state index is 0.106. The number of benzene rings is 2. The molecule has 0 aliphatic carbocycles. The number of hydrogen-bond donors (Lipinski definition) is 0. The second kappa shape index (κ2) is 8.07. The van der Waals surface area contributed by atoms with Crippen molar-refractivity contribution in [2.24, 2.45) is 0 Å². The number of cyclic esters (lactones) is 1. The van der Waals surface area contributed by atoms with E-state index in [0.29, 0.717) is 66.6 Å². The number of carbonyl (C=O) groups excluding carboxylic acids is 1. The number of carbonyl (C=O) groups is 1. The molecule has 0 spiro atoms. The third-order valence-electron chi connectivity index (χ3n) is 5.25. The van der Waals surface area contributed by atoms with Crippen molar-refractivity contribution in [1.29, 1.82) is 0 Å². The summed E-state index contributed by atoms with van der Waals surface area (Å²) in [6.45, 7) is 0.106. The van der Waals surface area contributed by atoms with E-state index in [9.17, 15) is 4.79 Å². The summed E-state index contributed by atoms with van der Waals surface area (Å²) in [5.74, 6) is 1.12. The first-order chi connectivity index (χ1) is 15.6. The number of pyridine rings is 1. The van der Waals surface area contributed by atoms with Crippen LogP contribution in [0.25, 0.3) is 22.0 Å². The standard InChI is InChI=1S/C22H17ClN2O6S/c1-27-17-11-8-30-21(26)15(11)12(18(28-2)20(17)29-3)9-32-22-25-14-7-13(23)10-5-4-6-24-16(10)19(14)31-22/h4-7H,8-9H2,1-3H3. The van der Waals surface area contributed by atoms with Crippen LogP contribution in [0.3, 0.4) is 0 Å². The maximum absolute atomic E-state index is 12.5. The van der Waals surface area contributed by atoms with Gasteiger partial charge in [-0.05, 0) is 18.2 Å². The van der Waals surface area contributed by atoms with E-state index in [2.05, 4.69) is 9.97 Å². The van der Waals surface area contributed by atoms with Gasteiger partial charge in [-0.15, -0.1) is 0 Å². The normalized spacial score (nSPS) is 12.8. The minimum Gasteiger partial charge on any atom is -0.492 e. The predicted octanol–water partition coefficient (Wildman–Crippen LogP) is 5.02. The smallest absolute Gasteiger partial charge is 0.339 e. The zero-order valence-electron chi connectivity index (χ0n) is 17.4. The Kier molecular flexibility index (Phi) is 5.22. The van der Waals surface area contributed by atoms with Crippen molar-refractivity contribution in [2.75, 3.05) is 21.3 Å². The summed E-state index contributed by atoms with van der Waals surface area (Å²) in [5, 5.41) is 1.75. The van der Waals surface area contributed by atoms with Crippen molar-refractivity contribution < 1.29 is 28.2 Å². The number of oxazole rings is 1. The predicted molar refractivity (Wildman–Crippen MR) is 119 cm³/mol. The molecule has 0 N–H and O–H groups in total. The highest BCUT2D eigenvalue weighted by molar-refractivity contribution is 7.98. The summed E-state index contributed by atoms with van der Waals surface area (Å²) in [6, 6.07) is 5.44. The third kappa shape index (κ3) is 3.11. The van der Waals surface area contributed by atoms with Gasteiger partial charge in [0.1, 0.15) is 17.6 Å². The SMILES string of the molecule is COc1c2c(c(CSc3nc4cc(Cl)c5cccnc5c4o3)c(OC)c1OC)C(=O)OC2. The summed E-state index contributed by atoms with van der Waals surface area (Å²) in [5.41, 5.74) is 3.46. The van der Waals surface area contributed by atoms with E-state index in [0.717, 1.165) is 5.39 Å². The maximum Gasteiger partial charge on any atom is 0.339 e. The van der Waals surface area contributed by atoms with Crippen LogP contribution in [0.1, 0.15) is 21.5 Å². The molecule has 2 aromatic heterocycles. The van der Waals surface area contributed by atoms with Crippen LogP contribution >= 0.6 is 23.4 Å². The van der Waals surface area contributed by atoms with Crippen molar-refractivity contribution in [3.8, 4) is 17.2 Å². The van der Waals surface area contributed by atoms with Gasteiger partial charge in [0.2, 0.25) is 5.75 Å². The molecule has 0 saturated carbocycles. The van der Waals surface area contributed by atoms with Crippen molar-refractivity contribution >= 4 is 51.3 Å². The fraction of sp³-hybridized carbons (Fsp3) is 0.227. The molecule has 0 bridgehead atoms. The van der Waals surface area contributed by atoms with E-state index in [1.165, 1.54) is 33.1 Å². The number of aromatic nitrogens is 2. The molecule has 0 fully saturated rings. The molecule has 0 saturated heterocycles. The van der Waals surface area contributed by atoms with Crippen LogP contribution in [-0.2, 0) is 17.1 Å². The maximum atomic E-state index is 12.5. The monoisotopic (exact) mass is 472 g/mol. The van der Waals surface area contributed by atoms with Crippen LogP contribution in [0.5, 0.6) is 17.2 Å². The van der Waals surface area contributed by atoms with Gasteiger partial charge in [0.05, 0.1) is 37.5 Å². The Morgan fingerprint density at radius 1 is 1.16 bits per heavy atom. The molecule has 5 rings (SSSR count). The number of esters is 1. The molecule has 1 aliphatic rings. The second-order valence-corrected chi connectivity index (χ2v) is 8.22. The number of thioether (sulfide) groups is 1. The highest BCUT2D eigenvalue weighted by atomic mass is 35.5. The average molecular weight is 473 g/mol. The zero-order chi connectivity index (χ0) is 22.4. The molecule has 8 nitrogen and oxygen atoms in total. The van der Waals surface area contributed by atoms with Crippen LogP contribution in [0.4, 0.5) is 0 Å². The first kappa shape index (κ1) is 20.7. The highest BCUT2D eigenvalue weighted by Gasteiger charge is 2.35. The van der Waals surface area contributed by atoms with Crippen molar-refractivity contribution in [2.45, 2.75) is 17.6 Å². The number of ether oxygens (including phenoxy) is 4. The molecule has 10 heteroatoms. The lowest BCUT2D eigenvalue weighted by atomic mass is 10.0. The van der Waals surface area contributed by atoms with E-state index in [-0.39, 0.29) is 6.61 Å². The quantitative estimate of drug-likeness (QED) is 0.283. The van der Waals surface area contributed by atoms with Crippen LogP contribution in [0.15, 0.2) is 34.0 Å². The van der Waals surface area contributed by atoms with Gasteiger partial charge in [-0.25, -0.2) is 9.78 Å². The van der Waals surface area contributed by atoms with Crippen LogP contribution in [-0.4, -0.2) is 37.3 Å².